The molecule has 2 saturated heterocycles. The van der Waals surface area contributed by atoms with Gasteiger partial charge in [-0.3, -0.25) is 0 Å². The minimum Gasteiger partial charge on any atom is -0.315 e. The number of likely N-dealkylation sites (tertiary alicyclic amines) is 1. The number of hydrogen-bond acceptors (Lipinski definition) is 2. The third kappa shape index (κ3) is 3.35. The summed E-state index contributed by atoms with van der Waals surface area (Å²) in [7, 11) is 0. The smallest absolute Gasteiger partial charge is 0.315 e. The van der Waals surface area contributed by atoms with Gasteiger partial charge in [0.1, 0.15) is 5.82 Å². The lowest BCUT2D eigenvalue weighted by Crippen LogP contribution is -2.74. The van der Waals surface area contributed by atoms with Crippen LogP contribution in [0.1, 0.15) is 17.0 Å². The number of benzene rings is 3. The van der Waals surface area contributed by atoms with Crippen molar-refractivity contribution in [3.63, 3.8) is 0 Å². The van der Waals surface area contributed by atoms with Crippen molar-refractivity contribution in [3.05, 3.63) is 89.7 Å². The molecule has 0 spiro atoms. The minimum absolute atomic E-state index is 0.120. The Morgan fingerprint density at radius 3 is 2.07 bits per heavy atom. The number of halogens is 1. The number of carbonyl (C=O) groups excluding carboxylic acids is 1. The molecular weight excluding hydrogens is 377 g/mol. The highest BCUT2D eigenvalue weighted by atomic mass is 19.1. The molecule has 0 radical (unpaired) electrons. The summed E-state index contributed by atoms with van der Waals surface area (Å²) in [6, 6.07) is 23.3. The van der Waals surface area contributed by atoms with Gasteiger partial charge in [0.05, 0.1) is 12.1 Å². The number of fused-ring (bicyclic) bond motifs is 2. The van der Waals surface area contributed by atoms with Crippen LogP contribution >= 0.6 is 0 Å². The molecule has 5 heteroatoms. The van der Waals surface area contributed by atoms with Crippen LogP contribution in [0.5, 0.6) is 0 Å². The SMILES string of the molecule is Cc1ccc(-c2ccc(C3[C@H]4CNC[C@@H]3N4C(=O)Nc3ccc(F)cc3)cc2)cc1. The summed E-state index contributed by atoms with van der Waals surface area (Å²) in [4.78, 5) is 14.8. The molecule has 3 atom stereocenters. The molecule has 2 aliphatic rings. The number of nitrogens with one attached hydrogen (secondary N) is 2. The summed E-state index contributed by atoms with van der Waals surface area (Å²) in [5.41, 5.74) is 5.55. The van der Waals surface area contributed by atoms with E-state index in [0.29, 0.717) is 11.6 Å². The highest BCUT2D eigenvalue weighted by Gasteiger charge is 2.53. The lowest BCUT2D eigenvalue weighted by molar-refractivity contribution is 0.00202. The molecule has 152 valence electrons. The molecule has 3 aromatic carbocycles. The van der Waals surface area contributed by atoms with Crippen molar-refractivity contribution in [3.8, 4) is 11.1 Å². The van der Waals surface area contributed by atoms with E-state index in [-0.39, 0.29) is 23.9 Å². The Hall–Kier alpha value is -3.18. The Bertz CT molecular complexity index is 1040. The molecule has 0 saturated carbocycles. The maximum atomic E-state index is 13.1. The summed E-state index contributed by atoms with van der Waals surface area (Å²) < 4.78 is 13.1. The predicted molar refractivity (Wildman–Crippen MR) is 117 cm³/mol. The second-order valence-corrected chi connectivity index (χ2v) is 8.15. The average Bonchev–Trinajstić information content (AvgIpc) is 2.77. The Labute approximate surface area is 175 Å². The zero-order valence-corrected chi connectivity index (χ0v) is 16.8. The van der Waals surface area contributed by atoms with Crippen LogP contribution in [0.3, 0.4) is 0 Å². The Kier molecular flexibility index (Phi) is 4.75. The van der Waals surface area contributed by atoms with Crippen LogP contribution in [-0.2, 0) is 0 Å². The lowest BCUT2D eigenvalue weighted by Gasteiger charge is -2.59. The molecule has 2 heterocycles. The van der Waals surface area contributed by atoms with Gasteiger partial charge in [0.15, 0.2) is 0 Å². The maximum Gasteiger partial charge on any atom is 0.322 e. The summed E-state index contributed by atoms with van der Waals surface area (Å²) >= 11 is 0. The number of hydrogen-bond donors (Lipinski definition) is 2. The van der Waals surface area contributed by atoms with E-state index < -0.39 is 0 Å². The molecule has 30 heavy (non-hydrogen) atoms. The van der Waals surface area contributed by atoms with E-state index in [1.165, 1.54) is 34.4 Å². The fraction of sp³-hybridized carbons (Fsp3) is 0.240. The number of anilines is 1. The summed E-state index contributed by atoms with van der Waals surface area (Å²) in [6.45, 7) is 3.64. The van der Waals surface area contributed by atoms with Gasteiger partial charge in [0, 0.05) is 24.7 Å². The van der Waals surface area contributed by atoms with Gasteiger partial charge >= 0.3 is 6.03 Å². The summed E-state index contributed by atoms with van der Waals surface area (Å²) in [5, 5.41) is 6.31. The highest BCUT2D eigenvalue weighted by molar-refractivity contribution is 5.91. The number of aryl methyl sites for hydroxylation is 1. The number of piperidine rings is 1. The molecule has 2 bridgehead atoms. The second-order valence-electron chi connectivity index (χ2n) is 8.15. The van der Waals surface area contributed by atoms with Crippen LogP contribution in [0.2, 0.25) is 0 Å². The molecule has 2 amide bonds. The van der Waals surface area contributed by atoms with E-state index in [1.807, 2.05) is 4.90 Å². The van der Waals surface area contributed by atoms with Crippen molar-refractivity contribution in [2.75, 3.05) is 18.4 Å². The molecule has 4 nitrogen and oxygen atoms in total. The van der Waals surface area contributed by atoms with E-state index >= 15 is 0 Å². The number of amides is 2. The average molecular weight is 401 g/mol. The second kappa shape index (κ2) is 7.58. The van der Waals surface area contributed by atoms with E-state index in [2.05, 4.69) is 66.1 Å². The van der Waals surface area contributed by atoms with Crippen molar-refractivity contribution in [1.29, 1.82) is 0 Å². The number of urea groups is 1. The first-order valence-corrected chi connectivity index (χ1v) is 10.3. The molecule has 2 N–H and O–H groups in total. The normalized spacial score (nSPS) is 22.3. The van der Waals surface area contributed by atoms with Gasteiger partial charge in [-0.15, -0.1) is 0 Å². The third-order valence-electron chi connectivity index (χ3n) is 6.26. The standard InChI is InChI=1S/C25H24FN3O/c1-16-2-4-17(5-3-16)18-6-8-19(9-7-18)24-22-14-27-15-23(24)29(22)25(30)28-21-12-10-20(26)11-13-21/h2-13,22-24,27H,14-15H2,1H3,(H,28,30)/t22-,23+,24?. The molecule has 1 unspecified atom stereocenters. The van der Waals surface area contributed by atoms with Crippen molar-refractivity contribution in [2.24, 2.45) is 0 Å². The molecule has 3 aromatic rings. The highest BCUT2D eigenvalue weighted by Crippen LogP contribution is 2.43. The fourth-order valence-electron chi connectivity index (χ4n) is 4.69. The summed E-state index contributed by atoms with van der Waals surface area (Å²) in [6.07, 6.45) is 0. The molecule has 0 aromatic heterocycles. The molecule has 2 aliphatic heterocycles. The van der Waals surface area contributed by atoms with E-state index in [4.69, 9.17) is 0 Å². The monoisotopic (exact) mass is 401 g/mol. The number of rotatable bonds is 3. The van der Waals surface area contributed by atoms with Gasteiger partial charge in [-0.05, 0) is 47.9 Å². The van der Waals surface area contributed by atoms with E-state index in [0.717, 1.165) is 13.1 Å². The van der Waals surface area contributed by atoms with Crippen molar-refractivity contribution in [1.82, 2.24) is 10.2 Å². The Morgan fingerprint density at radius 1 is 0.900 bits per heavy atom. The topological polar surface area (TPSA) is 44.4 Å². The van der Waals surface area contributed by atoms with Crippen molar-refractivity contribution >= 4 is 11.7 Å². The zero-order chi connectivity index (χ0) is 20.7. The van der Waals surface area contributed by atoms with Gasteiger partial charge in [0.2, 0.25) is 0 Å². The molecule has 5 rings (SSSR count). The Morgan fingerprint density at radius 2 is 1.47 bits per heavy atom. The fourth-order valence-corrected chi connectivity index (χ4v) is 4.69. The van der Waals surface area contributed by atoms with Gasteiger partial charge in [0.25, 0.3) is 0 Å². The lowest BCUT2D eigenvalue weighted by atomic mass is 9.72. The molecule has 2 fully saturated rings. The van der Waals surface area contributed by atoms with Gasteiger partial charge in [-0.25, -0.2) is 9.18 Å². The van der Waals surface area contributed by atoms with Gasteiger partial charge < -0.3 is 15.5 Å². The van der Waals surface area contributed by atoms with E-state index in [9.17, 15) is 9.18 Å². The molecular formula is C25H24FN3O. The first-order valence-electron chi connectivity index (χ1n) is 10.3. The van der Waals surface area contributed by atoms with Crippen LogP contribution in [0.25, 0.3) is 11.1 Å². The van der Waals surface area contributed by atoms with Crippen LogP contribution in [0.15, 0.2) is 72.8 Å². The van der Waals surface area contributed by atoms with Crippen molar-refractivity contribution in [2.45, 2.75) is 24.9 Å². The zero-order valence-electron chi connectivity index (χ0n) is 16.8. The first kappa shape index (κ1) is 18.8. The largest absolute Gasteiger partial charge is 0.322 e. The maximum absolute atomic E-state index is 13.1. The van der Waals surface area contributed by atoms with Crippen LogP contribution in [0, 0.1) is 12.7 Å². The van der Waals surface area contributed by atoms with Gasteiger partial charge in [-0.1, -0.05) is 54.1 Å². The minimum atomic E-state index is -0.313. The number of nitrogens with zero attached hydrogens (tertiary/aromatic N) is 1. The van der Waals surface area contributed by atoms with Crippen LogP contribution in [-0.4, -0.2) is 36.1 Å². The van der Waals surface area contributed by atoms with Gasteiger partial charge in [-0.2, -0.15) is 0 Å². The van der Waals surface area contributed by atoms with Crippen LogP contribution in [0.4, 0.5) is 14.9 Å². The Balaban J connectivity index is 1.31. The third-order valence-corrected chi connectivity index (χ3v) is 6.26. The molecule has 0 aliphatic carbocycles. The van der Waals surface area contributed by atoms with Crippen molar-refractivity contribution < 1.29 is 9.18 Å². The quantitative estimate of drug-likeness (QED) is 0.664. The first-order chi connectivity index (χ1) is 14.6. The predicted octanol–water partition coefficient (Wildman–Crippen LogP) is 4.77. The van der Waals surface area contributed by atoms with Crippen LogP contribution < -0.4 is 10.6 Å². The number of piperazine rings is 1. The number of carbonyl (C=O) groups is 1. The summed E-state index contributed by atoms with van der Waals surface area (Å²) in [5.74, 6) is 0.0180. The van der Waals surface area contributed by atoms with E-state index in [1.54, 1.807) is 12.1 Å².